The number of likely N-dealkylation sites (N-methyl/N-ethyl adjacent to an activating group) is 1. The van der Waals surface area contributed by atoms with Crippen LogP contribution in [0.25, 0.3) is 0 Å². The molecule has 16 heavy (non-hydrogen) atoms. The van der Waals surface area contributed by atoms with Gasteiger partial charge in [0.15, 0.2) is 5.78 Å². The molecule has 0 saturated carbocycles. The van der Waals surface area contributed by atoms with Crippen molar-refractivity contribution in [3.8, 4) is 0 Å². The number of nitrogens with one attached hydrogen (secondary N) is 1. The average Bonchev–Trinajstić information content (AvgIpc) is 2.68. The Morgan fingerprint density at radius 3 is 2.56 bits per heavy atom. The molecule has 1 saturated heterocycles. The molecule has 1 rings (SSSR count). The Morgan fingerprint density at radius 2 is 2.06 bits per heavy atom. The summed E-state index contributed by atoms with van der Waals surface area (Å²) in [5.41, 5.74) is 0. The van der Waals surface area contributed by atoms with E-state index in [4.69, 9.17) is 0 Å². The minimum atomic E-state index is 0.0987. The lowest BCUT2D eigenvalue weighted by Gasteiger charge is -2.19. The van der Waals surface area contributed by atoms with Crippen molar-refractivity contribution in [2.45, 2.75) is 52.5 Å². The normalized spacial score (nSPS) is 19.8. The molecule has 3 nitrogen and oxygen atoms in total. The van der Waals surface area contributed by atoms with Crippen LogP contribution in [0.5, 0.6) is 0 Å². The van der Waals surface area contributed by atoms with Crippen LogP contribution in [0, 0.1) is 0 Å². The zero-order valence-electron chi connectivity index (χ0n) is 11.4. The van der Waals surface area contributed by atoms with Gasteiger partial charge < -0.3 is 10.2 Å². The van der Waals surface area contributed by atoms with Crippen molar-refractivity contribution < 1.29 is 4.79 Å². The van der Waals surface area contributed by atoms with Crippen molar-refractivity contribution in [2.75, 3.05) is 26.7 Å². The van der Waals surface area contributed by atoms with Gasteiger partial charge in [-0.25, -0.2) is 0 Å². The Kier molecular flexibility index (Phi) is 9.54. The molecule has 0 aromatic carbocycles. The third-order valence-corrected chi connectivity index (χ3v) is 2.79. The Labute approximate surface area is 101 Å². The van der Waals surface area contributed by atoms with E-state index in [0.717, 1.165) is 19.6 Å². The molecule has 1 aliphatic heterocycles. The maximum Gasteiger partial charge on any atom is 0.152 e. The third kappa shape index (κ3) is 6.23. The highest BCUT2D eigenvalue weighted by Gasteiger charge is 2.24. The molecule has 1 heterocycles. The molecule has 0 radical (unpaired) electrons. The molecule has 1 fully saturated rings. The molecular formula is C13H28N2O. The number of unbranched alkanes of at least 4 members (excludes halogenated alkanes) is 2. The molecule has 96 valence electrons. The van der Waals surface area contributed by atoms with Gasteiger partial charge in [-0.15, -0.1) is 0 Å². The Bertz CT molecular complexity index is 183. The van der Waals surface area contributed by atoms with Crippen molar-refractivity contribution in [1.29, 1.82) is 0 Å². The first-order chi connectivity index (χ1) is 7.74. The van der Waals surface area contributed by atoms with E-state index in [0.29, 0.717) is 12.2 Å². The molecule has 0 aromatic rings. The second-order valence-corrected chi connectivity index (χ2v) is 4.19. The molecule has 1 unspecified atom stereocenters. The minimum absolute atomic E-state index is 0.0987. The van der Waals surface area contributed by atoms with Crippen LogP contribution in [0.3, 0.4) is 0 Å². The molecule has 0 spiro atoms. The fourth-order valence-electron chi connectivity index (χ4n) is 1.86. The number of ketones is 1. The molecule has 0 amide bonds. The zero-order chi connectivity index (χ0) is 12.4. The topological polar surface area (TPSA) is 32.3 Å². The van der Waals surface area contributed by atoms with E-state index in [-0.39, 0.29) is 6.04 Å². The van der Waals surface area contributed by atoms with Crippen LogP contribution in [-0.2, 0) is 4.79 Å². The van der Waals surface area contributed by atoms with Crippen LogP contribution in [0.4, 0.5) is 0 Å². The van der Waals surface area contributed by atoms with Gasteiger partial charge in [0.1, 0.15) is 0 Å². The monoisotopic (exact) mass is 228 g/mol. The van der Waals surface area contributed by atoms with Gasteiger partial charge in [0, 0.05) is 19.5 Å². The van der Waals surface area contributed by atoms with Gasteiger partial charge in [-0.1, -0.05) is 33.6 Å². The Hall–Kier alpha value is -0.410. The van der Waals surface area contributed by atoms with Crippen molar-refractivity contribution in [3.05, 3.63) is 0 Å². The highest BCUT2D eigenvalue weighted by Crippen LogP contribution is 2.03. The minimum Gasteiger partial charge on any atom is -0.306 e. The van der Waals surface area contributed by atoms with E-state index in [9.17, 15) is 4.79 Å². The second-order valence-electron chi connectivity index (χ2n) is 4.19. The van der Waals surface area contributed by atoms with Crippen LogP contribution in [0.2, 0.25) is 0 Å². The average molecular weight is 228 g/mol. The zero-order valence-corrected chi connectivity index (χ0v) is 11.4. The molecule has 3 heteroatoms. The van der Waals surface area contributed by atoms with Crippen molar-refractivity contribution in [1.82, 2.24) is 10.2 Å². The van der Waals surface area contributed by atoms with E-state index in [1.165, 1.54) is 19.3 Å². The van der Waals surface area contributed by atoms with Crippen molar-refractivity contribution in [3.63, 3.8) is 0 Å². The summed E-state index contributed by atoms with van der Waals surface area (Å²) in [5, 5.41) is 3.24. The predicted octanol–water partition coefficient (Wildman–Crippen LogP) is 2.07. The summed E-state index contributed by atoms with van der Waals surface area (Å²) >= 11 is 0. The molecule has 0 aromatic heterocycles. The summed E-state index contributed by atoms with van der Waals surface area (Å²) in [6.45, 7) is 9.07. The van der Waals surface area contributed by atoms with Gasteiger partial charge in [-0.3, -0.25) is 4.79 Å². The van der Waals surface area contributed by atoms with E-state index < -0.39 is 0 Å². The highest BCUT2D eigenvalue weighted by molar-refractivity contribution is 5.86. The Balaban J connectivity index is 0.00000106. The van der Waals surface area contributed by atoms with E-state index in [1.807, 2.05) is 13.8 Å². The van der Waals surface area contributed by atoms with Crippen molar-refractivity contribution in [2.24, 2.45) is 0 Å². The summed E-state index contributed by atoms with van der Waals surface area (Å²) in [6.07, 6.45) is 4.51. The highest BCUT2D eigenvalue weighted by atomic mass is 16.1. The maximum atomic E-state index is 11.4. The molecule has 1 atom stereocenters. The third-order valence-electron chi connectivity index (χ3n) is 2.79. The smallest absolute Gasteiger partial charge is 0.152 e. The molecule has 0 aliphatic carbocycles. The summed E-state index contributed by atoms with van der Waals surface area (Å²) in [5.74, 6) is 0.382. The number of hydrogen-bond donors (Lipinski definition) is 1. The quantitative estimate of drug-likeness (QED) is 0.706. The Morgan fingerprint density at radius 1 is 1.38 bits per heavy atom. The lowest BCUT2D eigenvalue weighted by atomic mass is 10.2. The van der Waals surface area contributed by atoms with E-state index >= 15 is 0 Å². The lowest BCUT2D eigenvalue weighted by molar-refractivity contribution is -0.119. The van der Waals surface area contributed by atoms with Crippen molar-refractivity contribution >= 4 is 5.78 Å². The number of carbonyl (C=O) groups excluding carboxylic acids is 1. The number of carbonyl (C=O) groups is 1. The number of hydrogen-bond acceptors (Lipinski definition) is 3. The van der Waals surface area contributed by atoms with Gasteiger partial charge in [0.05, 0.1) is 6.04 Å². The first kappa shape index (κ1) is 15.6. The number of nitrogens with zero attached hydrogens (tertiary/aromatic N) is 1. The predicted molar refractivity (Wildman–Crippen MR) is 69.8 cm³/mol. The molecule has 1 N–H and O–H groups in total. The van der Waals surface area contributed by atoms with Crippen LogP contribution >= 0.6 is 0 Å². The first-order valence-electron chi connectivity index (χ1n) is 6.68. The summed E-state index contributed by atoms with van der Waals surface area (Å²) in [6, 6.07) is 0.0987. The van der Waals surface area contributed by atoms with Crippen LogP contribution < -0.4 is 5.32 Å². The second kappa shape index (κ2) is 9.79. The SMILES string of the molecule is CC.CCCCCN(C)CC1NCCC1=O. The van der Waals surface area contributed by atoms with Gasteiger partial charge >= 0.3 is 0 Å². The number of Topliss-reactive ketones (excluding diaryl/α,β-unsaturated/α-hetero) is 1. The standard InChI is InChI=1S/C11H22N2O.C2H6/c1-3-4-5-8-13(2)9-10-11(14)6-7-12-10;1-2/h10,12H,3-9H2,1-2H3;1-2H3. The first-order valence-corrected chi connectivity index (χ1v) is 6.68. The fraction of sp³-hybridized carbons (Fsp3) is 0.923. The summed E-state index contributed by atoms with van der Waals surface area (Å²) < 4.78 is 0. The van der Waals surface area contributed by atoms with E-state index in [2.05, 4.69) is 24.2 Å². The van der Waals surface area contributed by atoms with Gasteiger partial charge in [0.2, 0.25) is 0 Å². The van der Waals surface area contributed by atoms with Crippen LogP contribution in [-0.4, -0.2) is 43.4 Å². The molecule has 1 aliphatic rings. The van der Waals surface area contributed by atoms with E-state index in [1.54, 1.807) is 0 Å². The van der Waals surface area contributed by atoms with Crippen LogP contribution in [0.1, 0.15) is 46.5 Å². The van der Waals surface area contributed by atoms with Gasteiger partial charge in [-0.05, 0) is 20.0 Å². The largest absolute Gasteiger partial charge is 0.306 e. The number of rotatable bonds is 6. The fourth-order valence-corrected chi connectivity index (χ4v) is 1.86. The molecular weight excluding hydrogens is 200 g/mol. The van der Waals surface area contributed by atoms with Gasteiger partial charge in [0.25, 0.3) is 0 Å². The molecule has 0 bridgehead atoms. The summed E-state index contributed by atoms with van der Waals surface area (Å²) in [7, 11) is 2.10. The lowest BCUT2D eigenvalue weighted by Crippen LogP contribution is -2.39. The summed E-state index contributed by atoms with van der Waals surface area (Å²) in [4.78, 5) is 13.6. The van der Waals surface area contributed by atoms with Crippen LogP contribution in [0.15, 0.2) is 0 Å². The maximum absolute atomic E-state index is 11.4. The van der Waals surface area contributed by atoms with Gasteiger partial charge in [-0.2, -0.15) is 0 Å².